The highest BCUT2D eigenvalue weighted by atomic mass is 19.1. The van der Waals surface area contributed by atoms with E-state index in [-0.39, 0.29) is 23.6 Å². The number of aliphatic carboxylic acids is 1. The van der Waals surface area contributed by atoms with E-state index in [1.807, 2.05) is 12.1 Å². The molecule has 0 spiro atoms. The molecule has 0 aliphatic carbocycles. The van der Waals surface area contributed by atoms with Crippen LogP contribution in [0.15, 0.2) is 30.6 Å². The Labute approximate surface area is 171 Å². The molecule has 0 radical (unpaired) electrons. The molecule has 2 aromatic heterocycles. The molecule has 2 aliphatic rings. The van der Waals surface area contributed by atoms with Crippen LogP contribution in [0.4, 0.5) is 21.8 Å². The normalized spacial score (nSPS) is 23.9. The SMILES string of the molecule is O=C(O)[C@H]1[C@@H]2CCNCC[C@H]2CN1c1ncc(F)c(Nc2ccc3[nH]ncc3c2)n1. The van der Waals surface area contributed by atoms with Gasteiger partial charge in [0.25, 0.3) is 0 Å². The number of hydrogen-bond acceptors (Lipinski definition) is 7. The molecule has 4 N–H and O–H groups in total. The fourth-order valence-electron chi connectivity index (χ4n) is 4.63. The lowest BCUT2D eigenvalue weighted by molar-refractivity contribution is -0.139. The van der Waals surface area contributed by atoms with Crippen molar-refractivity contribution in [2.24, 2.45) is 11.8 Å². The quantitative estimate of drug-likeness (QED) is 0.516. The summed E-state index contributed by atoms with van der Waals surface area (Å²) in [6, 6.07) is 4.76. The second-order valence-corrected chi connectivity index (χ2v) is 7.85. The van der Waals surface area contributed by atoms with Gasteiger partial charge in [-0.2, -0.15) is 10.1 Å². The highest BCUT2D eigenvalue weighted by Crippen LogP contribution is 2.38. The molecule has 0 unspecified atom stereocenters. The molecular weight excluding hydrogens is 389 g/mol. The topological polar surface area (TPSA) is 119 Å². The van der Waals surface area contributed by atoms with Gasteiger partial charge >= 0.3 is 5.97 Å². The Morgan fingerprint density at radius 2 is 2.13 bits per heavy atom. The van der Waals surface area contributed by atoms with Crippen molar-refractivity contribution in [3.05, 3.63) is 36.4 Å². The van der Waals surface area contributed by atoms with E-state index >= 15 is 0 Å². The summed E-state index contributed by atoms with van der Waals surface area (Å²) < 4.78 is 14.5. The molecule has 3 aromatic rings. The van der Waals surface area contributed by atoms with Gasteiger partial charge in [-0.15, -0.1) is 0 Å². The number of anilines is 3. The maximum absolute atomic E-state index is 14.5. The van der Waals surface area contributed by atoms with Crippen molar-refractivity contribution in [1.29, 1.82) is 0 Å². The fourth-order valence-corrected chi connectivity index (χ4v) is 4.63. The van der Waals surface area contributed by atoms with Crippen LogP contribution in [0.25, 0.3) is 10.9 Å². The number of aromatic amines is 1. The molecule has 5 rings (SSSR count). The number of carbonyl (C=O) groups is 1. The monoisotopic (exact) mass is 411 g/mol. The van der Waals surface area contributed by atoms with Crippen molar-refractivity contribution in [2.75, 3.05) is 29.9 Å². The minimum absolute atomic E-state index is 0.0146. The van der Waals surface area contributed by atoms with Crippen LogP contribution < -0.4 is 15.5 Å². The van der Waals surface area contributed by atoms with E-state index in [2.05, 4.69) is 30.8 Å². The zero-order valence-electron chi connectivity index (χ0n) is 16.2. The molecule has 0 amide bonds. The third kappa shape index (κ3) is 3.32. The number of nitrogens with one attached hydrogen (secondary N) is 3. The number of hydrogen-bond donors (Lipinski definition) is 4. The van der Waals surface area contributed by atoms with E-state index in [0.29, 0.717) is 12.2 Å². The number of nitrogens with zero attached hydrogens (tertiary/aromatic N) is 4. The third-order valence-corrected chi connectivity index (χ3v) is 6.07. The Balaban J connectivity index is 1.45. The molecule has 9 nitrogen and oxygen atoms in total. The van der Waals surface area contributed by atoms with Crippen LogP contribution in [0, 0.1) is 17.7 Å². The van der Waals surface area contributed by atoms with Crippen molar-refractivity contribution in [3.63, 3.8) is 0 Å². The van der Waals surface area contributed by atoms with Crippen molar-refractivity contribution in [3.8, 4) is 0 Å². The fraction of sp³-hybridized carbons (Fsp3) is 0.400. The van der Waals surface area contributed by atoms with E-state index < -0.39 is 17.8 Å². The van der Waals surface area contributed by atoms with E-state index in [0.717, 1.165) is 43.0 Å². The number of carboxylic acids is 1. The highest BCUT2D eigenvalue weighted by molar-refractivity contribution is 5.83. The molecule has 0 bridgehead atoms. The number of halogens is 1. The minimum Gasteiger partial charge on any atom is -0.480 e. The lowest BCUT2D eigenvalue weighted by Crippen LogP contribution is -2.41. The molecular formula is C20H22FN7O2. The highest BCUT2D eigenvalue weighted by Gasteiger charge is 2.47. The van der Waals surface area contributed by atoms with Crippen molar-refractivity contribution >= 4 is 34.3 Å². The average Bonchev–Trinajstić information content (AvgIpc) is 3.27. The maximum atomic E-state index is 14.5. The van der Waals surface area contributed by atoms with Gasteiger partial charge in [-0.1, -0.05) is 0 Å². The molecule has 1 aromatic carbocycles. The molecule has 156 valence electrons. The molecule has 30 heavy (non-hydrogen) atoms. The third-order valence-electron chi connectivity index (χ3n) is 6.07. The summed E-state index contributed by atoms with van der Waals surface area (Å²) >= 11 is 0. The second-order valence-electron chi connectivity index (χ2n) is 7.85. The van der Waals surface area contributed by atoms with E-state index in [9.17, 15) is 14.3 Å². The number of benzene rings is 1. The van der Waals surface area contributed by atoms with Gasteiger partial charge in [0.1, 0.15) is 6.04 Å². The smallest absolute Gasteiger partial charge is 0.326 e. The predicted molar refractivity (Wildman–Crippen MR) is 109 cm³/mol. The molecule has 2 aliphatic heterocycles. The maximum Gasteiger partial charge on any atom is 0.326 e. The van der Waals surface area contributed by atoms with Crippen LogP contribution in [-0.2, 0) is 4.79 Å². The van der Waals surface area contributed by atoms with Crippen LogP contribution in [0.2, 0.25) is 0 Å². The number of H-pyrrole nitrogens is 1. The molecule has 3 atom stereocenters. The van der Waals surface area contributed by atoms with Crippen LogP contribution >= 0.6 is 0 Å². The van der Waals surface area contributed by atoms with Crippen LogP contribution in [0.3, 0.4) is 0 Å². The molecule has 4 heterocycles. The summed E-state index contributed by atoms with van der Waals surface area (Å²) in [4.78, 5) is 22.3. The molecule has 2 fully saturated rings. The van der Waals surface area contributed by atoms with E-state index in [4.69, 9.17) is 0 Å². The number of rotatable bonds is 4. The summed E-state index contributed by atoms with van der Waals surface area (Å²) in [6.45, 7) is 2.22. The van der Waals surface area contributed by atoms with Crippen LogP contribution in [-0.4, -0.2) is 56.9 Å². The largest absolute Gasteiger partial charge is 0.480 e. The van der Waals surface area contributed by atoms with Crippen molar-refractivity contribution in [2.45, 2.75) is 18.9 Å². The van der Waals surface area contributed by atoms with Gasteiger partial charge in [0, 0.05) is 17.6 Å². The first kappa shape index (κ1) is 18.7. The summed E-state index contributed by atoms with van der Waals surface area (Å²) in [7, 11) is 0. The van der Waals surface area contributed by atoms with Gasteiger partial charge in [0.05, 0.1) is 17.9 Å². The number of carboxylic acid groups (broad SMARTS) is 1. The summed E-state index contributed by atoms with van der Waals surface area (Å²) in [6.07, 6.45) is 4.47. The van der Waals surface area contributed by atoms with E-state index in [1.54, 1.807) is 17.2 Å². The van der Waals surface area contributed by atoms with Crippen molar-refractivity contribution < 1.29 is 14.3 Å². The van der Waals surface area contributed by atoms with Crippen LogP contribution in [0.5, 0.6) is 0 Å². The van der Waals surface area contributed by atoms with Gasteiger partial charge in [-0.3, -0.25) is 5.10 Å². The zero-order valence-corrected chi connectivity index (χ0v) is 16.2. The zero-order chi connectivity index (χ0) is 20.7. The van der Waals surface area contributed by atoms with Crippen molar-refractivity contribution in [1.82, 2.24) is 25.5 Å². The Hall–Kier alpha value is -3.27. The van der Waals surface area contributed by atoms with Gasteiger partial charge in [0.15, 0.2) is 11.6 Å². The first-order valence-electron chi connectivity index (χ1n) is 10.0. The molecule has 10 heteroatoms. The number of fused-ring (bicyclic) bond motifs is 2. The number of aromatic nitrogens is 4. The Morgan fingerprint density at radius 3 is 3.00 bits per heavy atom. The first-order valence-corrected chi connectivity index (χ1v) is 10.0. The van der Waals surface area contributed by atoms with Crippen LogP contribution in [0.1, 0.15) is 12.8 Å². The standard InChI is InChI=1S/C20H22FN7O2/c21-15-9-23-20(26-18(15)25-13-1-2-16-12(7-13)8-24-27-16)28-10-11-3-5-22-6-4-14(11)17(28)19(29)30/h1-2,7-9,11,14,17,22H,3-6,10H2,(H,24,27)(H,29,30)(H,23,25,26)/t11-,14+,17+/m0/s1. The summed E-state index contributed by atoms with van der Waals surface area (Å²) in [5.74, 6) is -0.981. The van der Waals surface area contributed by atoms with Gasteiger partial charge in [-0.05, 0) is 56.0 Å². The summed E-state index contributed by atoms with van der Waals surface area (Å²) in [5, 5.41) is 23.9. The Kier molecular flexibility index (Phi) is 4.70. The summed E-state index contributed by atoms with van der Waals surface area (Å²) in [5.41, 5.74) is 1.53. The Morgan fingerprint density at radius 1 is 1.27 bits per heavy atom. The lowest BCUT2D eigenvalue weighted by Gasteiger charge is -2.25. The minimum atomic E-state index is -0.891. The van der Waals surface area contributed by atoms with Gasteiger partial charge in [-0.25, -0.2) is 14.2 Å². The van der Waals surface area contributed by atoms with Gasteiger partial charge in [0.2, 0.25) is 5.95 Å². The average molecular weight is 411 g/mol. The Bertz CT molecular complexity index is 1090. The molecule has 2 saturated heterocycles. The first-order chi connectivity index (χ1) is 14.6. The second kappa shape index (κ2) is 7.52. The molecule has 0 saturated carbocycles. The van der Waals surface area contributed by atoms with E-state index in [1.165, 1.54) is 0 Å². The predicted octanol–water partition coefficient (Wildman–Crippen LogP) is 2.12. The van der Waals surface area contributed by atoms with Gasteiger partial charge < -0.3 is 20.6 Å². The lowest BCUT2D eigenvalue weighted by atomic mass is 9.86.